The molecule has 2 aromatic rings. The first-order valence-corrected chi connectivity index (χ1v) is 12.2. The molecular formula is C22H28BN3O5S. The van der Waals surface area contributed by atoms with Gasteiger partial charge in [0.2, 0.25) is 10.0 Å². The molecule has 8 nitrogen and oxygen atoms in total. The van der Waals surface area contributed by atoms with Crippen LogP contribution in [0.3, 0.4) is 0 Å². The summed E-state index contributed by atoms with van der Waals surface area (Å²) in [6.07, 6.45) is 0.365. The molecule has 2 N–H and O–H groups in total. The first kappa shape index (κ1) is 24.1. The van der Waals surface area contributed by atoms with Crippen LogP contribution in [-0.4, -0.2) is 67.2 Å². The van der Waals surface area contributed by atoms with Crippen molar-refractivity contribution in [3.63, 3.8) is 0 Å². The summed E-state index contributed by atoms with van der Waals surface area (Å²) in [5, 5.41) is 10.2. The van der Waals surface area contributed by atoms with E-state index in [4.69, 9.17) is 0 Å². The third-order valence-electron chi connectivity index (χ3n) is 5.58. The van der Waals surface area contributed by atoms with Crippen LogP contribution < -0.4 is 4.72 Å². The fourth-order valence-corrected chi connectivity index (χ4v) is 5.43. The van der Waals surface area contributed by atoms with Crippen LogP contribution in [0.2, 0.25) is 6.82 Å². The number of carbonyl (C=O) groups excluding carboxylic acids is 2. The predicted molar refractivity (Wildman–Crippen MR) is 123 cm³/mol. The molecule has 32 heavy (non-hydrogen) atoms. The highest BCUT2D eigenvalue weighted by Gasteiger charge is 2.43. The van der Waals surface area contributed by atoms with E-state index in [1.165, 1.54) is 17.0 Å². The number of fused-ring (bicyclic) bond motifs is 1. The third kappa shape index (κ3) is 4.78. The lowest BCUT2D eigenvalue weighted by Gasteiger charge is -2.28. The topological polar surface area (TPSA) is 107 Å². The normalized spacial score (nSPS) is 20.7. The molecule has 0 aromatic heterocycles. The van der Waals surface area contributed by atoms with Crippen LogP contribution in [0.4, 0.5) is 0 Å². The average Bonchev–Trinajstić information content (AvgIpc) is 3.30. The molecule has 0 saturated carbocycles. The van der Waals surface area contributed by atoms with Crippen molar-refractivity contribution in [1.29, 1.82) is 0 Å². The van der Waals surface area contributed by atoms with Gasteiger partial charge in [0.1, 0.15) is 0 Å². The number of amides is 2. The van der Waals surface area contributed by atoms with E-state index in [2.05, 4.69) is 4.72 Å². The molecule has 4 rings (SSSR count). The molecule has 2 heterocycles. The number of nitrogens with one attached hydrogen (secondary N) is 1. The number of hydrogen-bond acceptors (Lipinski definition) is 6. The maximum Gasteiger partial charge on any atom is 0.376 e. The quantitative estimate of drug-likeness (QED) is 0.507. The fraction of sp³-hybridized carbons (Fsp3) is 0.364. The SMILES string of the molecule is CB(O)N1C[C@H](NS(=O)(=O)c2ccccc2)C[C@@H]1CN1C(=O)c2ccccc2C1=O.CC. The Balaban J connectivity index is 0.00000141. The molecule has 0 aliphatic carbocycles. The summed E-state index contributed by atoms with van der Waals surface area (Å²) >= 11 is 0. The van der Waals surface area contributed by atoms with E-state index >= 15 is 0 Å². The van der Waals surface area contributed by atoms with Gasteiger partial charge < -0.3 is 9.83 Å². The van der Waals surface area contributed by atoms with Crippen molar-refractivity contribution in [3.8, 4) is 0 Å². The van der Waals surface area contributed by atoms with E-state index in [0.717, 1.165) is 0 Å². The highest BCUT2D eigenvalue weighted by Crippen LogP contribution is 2.27. The first-order valence-electron chi connectivity index (χ1n) is 10.7. The second kappa shape index (κ2) is 9.95. The summed E-state index contributed by atoms with van der Waals surface area (Å²) in [6, 6.07) is 13.9. The molecule has 0 spiro atoms. The van der Waals surface area contributed by atoms with Gasteiger partial charge in [-0.2, -0.15) is 0 Å². The molecule has 1 saturated heterocycles. The number of imide groups is 1. The van der Waals surface area contributed by atoms with Gasteiger partial charge in [0, 0.05) is 25.2 Å². The van der Waals surface area contributed by atoms with Gasteiger partial charge in [-0.15, -0.1) is 0 Å². The summed E-state index contributed by atoms with van der Waals surface area (Å²) in [5.74, 6) is -0.732. The molecule has 2 atom stereocenters. The monoisotopic (exact) mass is 457 g/mol. The number of rotatable bonds is 6. The average molecular weight is 457 g/mol. The van der Waals surface area contributed by atoms with Gasteiger partial charge in [0.15, 0.2) is 0 Å². The van der Waals surface area contributed by atoms with Crippen LogP contribution in [0.5, 0.6) is 0 Å². The maximum atomic E-state index is 12.7. The zero-order chi connectivity index (χ0) is 23.5. The van der Waals surface area contributed by atoms with E-state index in [1.807, 2.05) is 13.8 Å². The lowest BCUT2D eigenvalue weighted by atomic mass is 9.84. The Morgan fingerprint density at radius 1 is 1.00 bits per heavy atom. The molecule has 2 aliphatic rings. The lowest BCUT2D eigenvalue weighted by molar-refractivity contribution is 0.0625. The molecule has 1 fully saturated rings. The second-order valence-corrected chi connectivity index (χ2v) is 9.33. The minimum Gasteiger partial charge on any atom is -0.437 e. The zero-order valence-electron chi connectivity index (χ0n) is 18.4. The minimum absolute atomic E-state index is 0.0841. The van der Waals surface area contributed by atoms with E-state index in [1.54, 1.807) is 54.1 Å². The van der Waals surface area contributed by atoms with Gasteiger partial charge >= 0.3 is 7.05 Å². The predicted octanol–water partition coefficient (Wildman–Crippen LogP) is 1.84. The molecule has 2 aliphatic heterocycles. The standard InChI is InChI=1S/C20H22BN3O5S.C2H6/c1-21(27)24-12-14(22-30(28,29)16-7-3-2-4-8-16)11-15(24)13-23-19(25)17-9-5-6-10-18(17)20(23)26;1-2/h2-10,14-15,22,27H,11-13H2,1H3;1-2H3/t14-,15-;/m1./s1. The van der Waals surface area contributed by atoms with E-state index < -0.39 is 23.1 Å². The fourth-order valence-electron chi connectivity index (χ4n) is 4.17. The molecule has 2 amide bonds. The molecule has 0 bridgehead atoms. The van der Waals surface area contributed by atoms with Crippen molar-refractivity contribution in [2.45, 2.75) is 44.1 Å². The van der Waals surface area contributed by atoms with Crippen molar-refractivity contribution in [3.05, 3.63) is 65.7 Å². The molecule has 0 radical (unpaired) electrons. The Morgan fingerprint density at radius 3 is 2.06 bits per heavy atom. The first-order chi connectivity index (χ1) is 15.3. The van der Waals surface area contributed by atoms with E-state index in [0.29, 0.717) is 17.5 Å². The lowest BCUT2D eigenvalue weighted by Crippen LogP contribution is -2.48. The Morgan fingerprint density at radius 2 is 1.53 bits per heavy atom. The number of nitrogens with zero attached hydrogens (tertiary/aromatic N) is 2. The van der Waals surface area contributed by atoms with Crippen molar-refractivity contribution in [2.75, 3.05) is 13.1 Å². The van der Waals surface area contributed by atoms with Crippen LogP contribution in [0.1, 0.15) is 41.0 Å². The van der Waals surface area contributed by atoms with Crippen molar-refractivity contribution in [1.82, 2.24) is 14.4 Å². The molecule has 170 valence electrons. The largest absolute Gasteiger partial charge is 0.437 e. The Labute approximate surface area is 189 Å². The van der Waals surface area contributed by atoms with Gasteiger partial charge in [-0.3, -0.25) is 14.5 Å². The molecule has 10 heteroatoms. The Hall–Kier alpha value is -2.53. The van der Waals surface area contributed by atoms with Crippen LogP contribution in [0.15, 0.2) is 59.5 Å². The van der Waals surface area contributed by atoms with Gasteiger partial charge in [-0.25, -0.2) is 13.1 Å². The summed E-state index contributed by atoms with van der Waals surface area (Å²) in [6.45, 7) is 5.95. The zero-order valence-corrected chi connectivity index (χ0v) is 19.2. The van der Waals surface area contributed by atoms with Crippen molar-refractivity contribution in [2.24, 2.45) is 0 Å². The van der Waals surface area contributed by atoms with Crippen molar-refractivity contribution < 1.29 is 23.0 Å². The number of sulfonamides is 1. The van der Waals surface area contributed by atoms with Gasteiger partial charge in [0.25, 0.3) is 11.8 Å². The van der Waals surface area contributed by atoms with E-state index in [9.17, 15) is 23.0 Å². The van der Waals surface area contributed by atoms with Crippen LogP contribution in [0, 0.1) is 0 Å². The summed E-state index contributed by atoms with van der Waals surface area (Å²) in [4.78, 5) is 28.4. The smallest absolute Gasteiger partial charge is 0.376 e. The number of carbonyl (C=O) groups is 2. The highest BCUT2D eigenvalue weighted by molar-refractivity contribution is 7.89. The second-order valence-electron chi connectivity index (χ2n) is 7.62. The minimum atomic E-state index is -3.71. The van der Waals surface area contributed by atoms with Crippen LogP contribution in [0.25, 0.3) is 0 Å². The van der Waals surface area contributed by atoms with Crippen LogP contribution >= 0.6 is 0 Å². The van der Waals surface area contributed by atoms with Gasteiger partial charge in [-0.1, -0.05) is 44.2 Å². The molecule has 2 aromatic carbocycles. The molecular weight excluding hydrogens is 429 g/mol. The summed E-state index contributed by atoms with van der Waals surface area (Å²) < 4.78 is 28.0. The maximum absolute atomic E-state index is 12.7. The number of hydrogen-bond donors (Lipinski definition) is 2. The van der Waals surface area contributed by atoms with Gasteiger partial charge in [0.05, 0.1) is 16.0 Å². The highest BCUT2D eigenvalue weighted by atomic mass is 32.2. The van der Waals surface area contributed by atoms with Crippen LogP contribution in [-0.2, 0) is 10.0 Å². The Kier molecular flexibility index (Phi) is 7.50. The molecule has 0 unspecified atom stereocenters. The third-order valence-corrected chi connectivity index (χ3v) is 7.12. The Bertz CT molecular complexity index is 1040. The van der Waals surface area contributed by atoms with Gasteiger partial charge in [-0.05, 0) is 37.5 Å². The summed E-state index contributed by atoms with van der Waals surface area (Å²) in [7, 11) is -4.57. The van der Waals surface area contributed by atoms with Crippen molar-refractivity contribution >= 4 is 28.9 Å². The number of benzene rings is 2. The van der Waals surface area contributed by atoms with E-state index in [-0.39, 0.29) is 35.8 Å². The summed E-state index contributed by atoms with van der Waals surface area (Å²) in [5.41, 5.74) is 0.732.